The Bertz CT molecular complexity index is 757. The molecule has 20 heavy (non-hydrogen) atoms. The average molecular weight is 272 g/mol. The number of benzene rings is 2. The van der Waals surface area contributed by atoms with E-state index in [0.717, 1.165) is 23.6 Å². The van der Waals surface area contributed by atoms with Crippen molar-refractivity contribution in [1.29, 1.82) is 0 Å². The fourth-order valence-corrected chi connectivity index (χ4v) is 2.06. The van der Waals surface area contributed by atoms with Crippen LogP contribution >= 0.6 is 0 Å². The molecule has 3 aromatic rings. The molecule has 1 heterocycles. The van der Waals surface area contributed by atoms with Crippen molar-refractivity contribution in [2.75, 3.05) is 0 Å². The highest BCUT2D eigenvalue weighted by Gasteiger charge is 2.15. The molecule has 0 saturated carbocycles. The van der Waals surface area contributed by atoms with Gasteiger partial charge < -0.3 is 4.42 Å². The molecule has 4 heteroatoms. The van der Waals surface area contributed by atoms with Crippen molar-refractivity contribution in [3.8, 4) is 0 Å². The molecule has 1 aromatic heterocycles. The lowest BCUT2D eigenvalue weighted by Gasteiger charge is -2.01. The summed E-state index contributed by atoms with van der Waals surface area (Å²) >= 11 is 0. The van der Waals surface area contributed by atoms with E-state index in [-0.39, 0.29) is 23.5 Å². The zero-order chi connectivity index (χ0) is 14.1. The van der Waals surface area contributed by atoms with Crippen LogP contribution in [-0.4, -0.2) is 5.78 Å². The van der Waals surface area contributed by atoms with Crippen LogP contribution in [0.15, 0.2) is 52.9 Å². The molecule has 0 spiro atoms. The van der Waals surface area contributed by atoms with Gasteiger partial charge >= 0.3 is 0 Å². The number of hydrogen-bond acceptors (Lipinski definition) is 2. The smallest absolute Gasteiger partial charge is 0.202 e. The molecule has 0 amide bonds. The van der Waals surface area contributed by atoms with E-state index in [9.17, 15) is 13.6 Å². The second-order valence-corrected chi connectivity index (χ2v) is 4.48. The summed E-state index contributed by atoms with van der Waals surface area (Å²) in [5, 5.41) is 0.801. The van der Waals surface area contributed by atoms with Crippen LogP contribution in [0.2, 0.25) is 0 Å². The molecule has 0 bridgehead atoms. The summed E-state index contributed by atoms with van der Waals surface area (Å²) in [5.41, 5.74) is 0.617. The van der Waals surface area contributed by atoms with Gasteiger partial charge in [-0.15, -0.1) is 0 Å². The predicted octanol–water partition coefficient (Wildman–Crippen LogP) is 4.14. The van der Waals surface area contributed by atoms with E-state index in [1.54, 1.807) is 18.2 Å². The minimum absolute atomic E-state index is 0.0236. The van der Waals surface area contributed by atoms with Crippen molar-refractivity contribution in [2.24, 2.45) is 0 Å². The van der Waals surface area contributed by atoms with Crippen molar-refractivity contribution in [3.05, 3.63) is 71.5 Å². The second-order valence-electron chi connectivity index (χ2n) is 4.48. The molecule has 3 rings (SSSR count). The van der Waals surface area contributed by atoms with Crippen molar-refractivity contribution < 1.29 is 18.0 Å². The number of carbonyl (C=O) groups is 1. The van der Waals surface area contributed by atoms with Crippen LogP contribution in [0.3, 0.4) is 0 Å². The Kier molecular flexibility index (Phi) is 3.06. The van der Waals surface area contributed by atoms with Gasteiger partial charge in [0.05, 0.1) is 0 Å². The molecule has 2 aromatic carbocycles. The second kappa shape index (κ2) is 4.89. The summed E-state index contributed by atoms with van der Waals surface area (Å²) in [4.78, 5) is 12.1. The van der Waals surface area contributed by atoms with Crippen molar-refractivity contribution >= 4 is 16.8 Å². The van der Waals surface area contributed by atoms with E-state index in [0.29, 0.717) is 5.58 Å². The molecular formula is C16H10F2O2. The third-order valence-electron chi connectivity index (χ3n) is 3.06. The van der Waals surface area contributed by atoms with Crippen LogP contribution in [-0.2, 0) is 6.42 Å². The highest BCUT2D eigenvalue weighted by Crippen LogP contribution is 2.21. The van der Waals surface area contributed by atoms with E-state index >= 15 is 0 Å². The maximum atomic E-state index is 13.5. The van der Waals surface area contributed by atoms with Crippen molar-refractivity contribution in [1.82, 2.24) is 0 Å². The molecule has 0 radical (unpaired) electrons. The molecule has 0 aliphatic heterocycles. The minimum atomic E-state index is -0.601. The molecular weight excluding hydrogens is 262 g/mol. The molecule has 100 valence electrons. The van der Waals surface area contributed by atoms with Gasteiger partial charge in [0.15, 0.2) is 5.76 Å². The maximum absolute atomic E-state index is 13.5. The zero-order valence-electron chi connectivity index (χ0n) is 10.4. The van der Waals surface area contributed by atoms with Gasteiger partial charge in [0, 0.05) is 11.8 Å². The highest BCUT2D eigenvalue weighted by atomic mass is 19.1. The standard InChI is InChI=1S/C16H10F2O2/c17-12-5-6-13(18)11(7-12)8-14(19)16-9-10-3-1-2-4-15(10)20-16/h1-7,9H,8H2. The summed E-state index contributed by atoms with van der Waals surface area (Å²) in [7, 11) is 0. The summed E-state index contributed by atoms with van der Waals surface area (Å²) in [6.45, 7) is 0. The summed E-state index contributed by atoms with van der Waals surface area (Å²) in [6, 6.07) is 11.9. The van der Waals surface area contributed by atoms with Crippen molar-refractivity contribution in [3.63, 3.8) is 0 Å². The molecule has 0 unspecified atom stereocenters. The molecule has 0 aliphatic carbocycles. The lowest BCUT2D eigenvalue weighted by Crippen LogP contribution is -2.04. The van der Waals surface area contributed by atoms with Crippen LogP contribution in [0, 0.1) is 11.6 Å². The number of hydrogen-bond donors (Lipinski definition) is 0. The Balaban J connectivity index is 1.90. The first-order valence-electron chi connectivity index (χ1n) is 6.09. The molecule has 0 atom stereocenters. The lowest BCUT2D eigenvalue weighted by molar-refractivity contribution is 0.0967. The van der Waals surface area contributed by atoms with E-state index in [4.69, 9.17) is 4.42 Å². The van der Waals surface area contributed by atoms with E-state index in [1.165, 1.54) is 0 Å². The molecule has 0 saturated heterocycles. The van der Waals surface area contributed by atoms with E-state index < -0.39 is 11.6 Å². The number of ketones is 1. The SMILES string of the molecule is O=C(Cc1cc(F)ccc1F)c1cc2ccccc2o1. The Labute approximate surface area is 113 Å². The van der Waals surface area contributed by atoms with Gasteiger partial charge in [0.2, 0.25) is 5.78 Å². The van der Waals surface area contributed by atoms with Crippen LogP contribution in [0.1, 0.15) is 16.1 Å². The zero-order valence-corrected chi connectivity index (χ0v) is 10.4. The lowest BCUT2D eigenvalue weighted by atomic mass is 10.1. The van der Waals surface area contributed by atoms with Crippen LogP contribution in [0.25, 0.3) is 11.0 Å². The fourth-order valence-electron chi connectivity index (χ4n) is 2.06. The Morgan fingerprint density at radius 1 is 1.05 bits per heavy atom. The van der Waals surface area contributed by atoms with Gasteiger partial charge in [0.1, 0.15) is 17.2 Å². The molecule has 0 N–H and O–H groups in total. The quantitative estimate of drug-likeness (QED) is 0.671. The third kappa shape index (κ3) is 2.32. The first kappa shape index (κ1) is 12.5. The maximum Gasteiger partial charge on any atom is 0.202 e. The van der Waals surface area contributed by atoms with Crippen LogP contribution < -0.4 is 0 Å². The Morgan fingerprint density at radius 3 is 2.65 bits per heavy atom. The predicted molar refractivity (Wildman–Crippen MR) is 70.6 cm³/mol. The van der Waals surface area contributed by atoms with Gasteiger partial charge in [-0.25, -0.2) is 8.78 Å². The largest absolute Gasteiger partial charge is 0.453 e. The number of furan rings is 1. The molecule has 0 aliphatic rings. The molecule has 2 nitrogen and oxygen atoms in total. The Hall–Kier alpha value is -2.49. The van der Waals surface area contributed by atoms with Gasteiger partial charge in [-0.1, -0.05) is 18.2 Å². The first-order valence-corrected chi connectivity index (χ1v) is 6.09. The van der Waals surface area contributed by atoms with Crippen LogP contribution in [0.4, 0.5) is 8.78 Å². The van der Waals surface area contributed by atoms with Crippen molar-refractivity contribution in [2.45, 2.75) is 6.42 Å². The van der Waals surface area contributed by atoms with E-state index in [2.05, 4.69) is 0 Å². The number of halogens is 2. The average Bonchev–Trinajstić information content (AvgIpc) is 2.87. The van der Waals surface area contributed by atoms with Gasteiger partial charge in [-0.3, -0.25) is 4.79 Å². The molecule has 0 fully saturated rings. The Morgan fingerprint density at radius 2 is 1.85 bits per heavy atom. The number of rotatable bonds is 3. The first-order chi connectivity index (χ1) is 9.63. The normalized spacial score (nSPS) is 10.9. The van der Waals surface area contributed by atoms with E-state index in [1.807, 2.05) is 12.1 Å². The number of carbonyl (C=O) groups excluding carboxylic acids is 1. The van der Waals surface area contributed by atoms with Gasteiger partial charge in [-0.05, 0) is 35.9 Å². The summed E-state index contributed by atoms with van der Waals surface area (Å²) < 4.78 is 32.0. The third-order valence-corrected chi connectivity index (χ3v) is 3.06. The fraction of sp³-hybridized carbons (Fsp3) is 0.0625. The summed E-state index contributed by atoms with van der Waals surface area (Å²) in [5.74, 6) is -1.41. The number of fused-ring (bicyclic) bond motifs is 1. The van der Waals surface area contributed by atoms with Gasteiger partial charge in [0.25, 0.3) is 0 Å². The van der Waals surface area contributed by atoms with Crippen LogP contribution in [0.5, 0.6) is 0 Å². The monoisotopic (exact) mass is 272 g/mol. The topological polar surface area (TPSA) is 30.2 Å². The number of Topliss-reactive ketones (excluding diaryl/α,β-unsaturated/α-hetero) is 1. The highest BCUT2D eigenvalue weighted by molar-refractivity contribution is 5.98. The van der Waals surface area contributed by atoms with Gasteiger partial charge in [-0.2, -0.15) is 0 Å². The summed E-state index contributed by atoms with van der Waals surface area (Å²) in [6.07, 6.45) is -0.233. The number of para-hydroxylation sites is 1. The minimum Gasteiger partial charge on any atom is -0.453 e.